The minimum atomic E-state index is -4.60. The molecular weight excluding hydrogens is 463 g/mol. The van der Waals surface area contributed by atoms with Crippen molar-refractivity contribution >= 4 is 23.4 Å². The van der Waals surface area contributed by atoms with E-state index in [1.807, 2.05) is 26.0 Å². The third-order valence-electron chi connectivity index (χ3n) is 5.82. The number of amides is 1. The molecule has 0 saturated carbocycles. The van der Waals surface area contributed by atoms with E-state index in [0.717, 1.165) is 25.8 Å². The average molecular weight is 498 g/mol. The molecule has 194 valence electrons. The topological polar surface area (TPSA) is 94.5 Å². The van der Waals surface area contributed by atoms with Crippen molar-refractivity contribution in [2.45, 2.75) is 26.1 Å². The maximum Gasteiger partial charge on any atom is 0.421 e. The standard InChI is InChI=1S/C22H34F3N9O/c1-15-18(14-34(30-15)10-9-31(2)3)28-21-27-11-17(22(23,24)25)19(29-21)26-7-6-8-33(5)20(35)16-12-32(4)13-16/h11,14,16H,6-10,12-13H2,1-5H3,(H2,26,27,28,29). The Hall–Kier alpha value is -2.93. The third-order valence-corrected chi connectivity index (χ3v) is 5.82. The van der Waals surface area contributed by atoms with Gasteiger partial charge in [0.15, 0.2) is 0 Å². The number of carbonyl (C=O) groups is 1. The fourth-order valence-corrected chi connectivity index (χ4v) is 3.76. The summed E-state index contributed by atoms with van der Waals surface area (Å²) in [6, 6.07) is 0. The van der Waals surface area contributed by atoms with Crippen LogP contribution in [0.1, 0.15) is 17.7 Å². The molecule has 2 aromatic rings. The van der Waals surface area contributed by atoms with Crippen molar-refractivity contribution in [2.24, 2.45) is 5.92 Å². The SMILES string of the molecule is Cc1nn(CCN(C)C)cc1Nc1ncc(C(F)(F)F)c(NCCCN(C)C(=O)C2CN(C)C2)n1. The van der Waals surface area contributed by atoms with Gasteiger partial charge in [0.05, 0.1) is 23.8 Å². The second-order valence-electron chi connectivity index (χ2n) is 9.23. The molecule has 0 unspecified atom stereocenters. The van der Waals surface area contributed by atoms with Crippen LogP contribution in [0.2, 0.25) is 0 Å². The van der Waals surface area contributed by atoms with Gasteiger partial charge in [0.25, 0.3) is 0 Å². The van der Waals surface area contributed by atoms with Crippen molar-refractivity contribution < 1.29 is 18.0 Å². The summed E-state index contributed by atoms with van der Waals surface area (Å²) < 4.78 is 42.3. The zero-order valence-electron chi connectivity index (χ0n) is 20.9. The van der Waals surface area contributed by atoms with Crippen molar-refractivity contribution in [3.8, 4) is 0 Å². The Morgan fingerprint density at radius 2 is 1.94 bits per heavy atom. The zero-order valence-corrected chi connectivity index (χ0v) is 20.9. The number of alkyl halides is 3. The first-order valence-electron chi connectivity index (χ1n) is 11.5. The van der Waals surface area contributed by atoms with Crippen molar-refractivity contribution in [1.29, 1.82) is 0 Å². The Morgan fingerprint density at radius 3 is 2.57 bits per heavy atom. The molecule has 0 spiro atoms. The Bertz CT molecular complexity index is 1000. The lowest BCUT2D eigenvalue weighted by molar-refractivity contribution is -0.139. The predicted molar refractivity (Wildman–Crippen MR) is 128 cm³/mol. The summed E-state index contributed by atoms with van der Waals surface area (Å²) in [5, 5.41) is 10.2. The fourth-order valence-electron chi connectivity index (χ4n) is 3.76. The van der Waals surface area contributed by atoms with Gasteiger partial charge in [0.2, 0.25) is 11.9 Å². The molecule has 3 heterocycles. The molecule has 3 rings (SSSR count). The van der Waals surface area contributed by atoms with E-state index in [2.05, 4.69) is 30.6 Å². The molecular formula is C22H34F3N9O. The molecule has 0 atom stereocenters. The van der Waals surface area contributed by atoms with E-state index in [1.165, 1.54) is 0 Å². The monoisotopic (exact) mass is 497 g/mol. The highest BCUT2D eigenvalue weighted by Crippen LogP contribution is 2.34. The van der Waals surface area contributed by atoms with Gasteiger partial charge in [-0.05, 0) is 34.5 Å². The number of nitrogens with zero attached hydrogens (tertiary/aromatic N) is 7. The van der Waals surface area contributed by atoms with Crippen molar-refractivity contribution in [3.63, 3.8) is 0 Å². The number of rotatable bonds is 11. The first-order chi connectivity index (χ1) is 16.4. The molecule has 13 heteroatoms. The lowest BCUT2D eigenvalue weighted by Gasteiger charge is -2.37. The van der Waals surface area contributed by atoms with Crippen LogP contribution in [0.15, 0.2) is 12.4 Å². The van der Waals surface area contributed by atoms with Gasteiger partial charge >= 0.3 is 6.18 Å². The van der Waals surface area contributed by atoms with Crippen molar-refractivity contribution in [3.05, 3.63) is 23.7 Å². The van der Waals surface area contributed by atoms with E-state index in [4.69, 9.17) is 0 Å². The molecule has 0 bridgehead atoms. The molecule has 0 aromatic carbocycles. The average Bonchev–Trinajstić information content (AvgIpc) is 3.10. The smallest absolute Gasteiger partial charge is 0.369 e. The highest BCUT2D eigenvalue weighted by atomic mass is 19.4. The number of aryl methyl sites for hydroxylation is 1. The maximum atomic E-state index is 13.5. The summed E-state index contributed by atoms with van der Waals surface area (Å²) in [5.74, 6) is -0.200. The van der Waals surface area contributed by atoms with Crippen LogP contribution in [-0.2, 0) is 17.5 Å². The minimum Gasteiger partial charge on any atom is -0.369 e. The van der Waals surface area contributed by atoms with Crippen LogP contribution in [0.5, 0.6) is 0 Å². The molecule has 35 heavy (non-hydrogen) atoms. The lowest BCUT2D eigenvalue weighted by Crippen LogP contribution is -2.52. The number of carbonyl (C=O) groups excluding carboxylic acids is 1. The highest BCUT2D eigenvalue weighted by molar-refractivity contribution is 5.79. The molecule has 0 aliphatic carbocycles. The predicted octanol–water partition coefficient (Wildman–Crippen LogP) is 2.13. The second-order valence-corrected chi connectivity index (χ2v) is 9.23. The van der Waals surface area contributed by atoms with Gasteiger partial charge in [-0.2, -0.15) is 23.3 Å². The molecule has 1 aliphatic rings. The van der Waals surface area contributed by atoms with Gasteiger partial charge in [-0.1, -0.05) is 0 Å². The van der Waals surface area contributed by atoms with Crippen LogP contribution in [0.3, 0.4) is 0 Å². The first-order valence-corrected chi connectivity index (χ1v) is 11.5. The van der Waals surface area contributed by atoms with E-state index in [0.29, 0.717) is 30.9 Å². The number of likely N-dealkylation sites (N-methyl/N-ethyl adjacent to an activating group) is 1. The lowest BCUT2D eigenvalue weighted by atomic mass is 10.00. The van der Waals surface area contributed by atoms with Crippen molar-refractivity contribution in [1.82, 2.24) is 34.4 Å². The van der Waals surface area contributed by atoms with E-state index < -0.39 is 11.7 Å². The summed E-state index contributed by atoms with van der Waals surface area (Å²) >= 11 is 0. The number of anilines is 3. The second kappa shape index (κ2) is 11.2. The number of halogens is 3. The van der Waals surface area contributed by atoms with Gasteiger partial charge in [-0.15, -0.1) is 0 Å². The maximum absolute atomic E-state index is 13.5. The molecule has 2 aromatic heterocycles. The molecule has 2 N–H and O–H groups in total. The summed E-state index contributed by atoms with van der Waals surface area (Å²) in [4.78, 5) is 26.0. The van der Waals surface area contributed by atoms with Crippen LogP contribution < -0.4 is 10.6 Å². The Morgan fingerprint density at radius 1 is 1.23 bits per heavy atom. The Kier molecular flexibility index (Phi) is 8.54. The number of likely N-dealkylation sites (tertiary alicyclic amines) is 1. The number of hydrogen-bond acceptors (Lipinski definition) is 8. The van der Waals surface area contributed by atoms with Gasteiger partial charge in [0.1, 0.15) is 11.4 Å². The largest absolute Gasteiger partial charge is 0.421 e. The highest BCUT2D eigenvalue weighted by Gasteiger charge is 2.35. The Labute approximate surface area is 203 Å². The number of aromatic nitrogens is 4. The van der Waals surface area contributed by atoms with Crippen LogP contribution in [0.25, 0.3) is 0 Å². The van der Waals surface area contributed by atoms with Gasteiger partial charge in [-0.25, -0.2) is 4.98 Å². The number of nitrogens with one attached hydrogen (secondary N) is 2. The van der Waals surface area contributed by atoms with Crippen LogP contribution in [-0.4, -0.2) is 101 Å². The normalized spacial score (nSPS) is 14.8. The quantitative estimate of drug-likeness (QED) is 0.456. The van der Waals surface area contributed by atoms with E-state index in [-0.39, 0.29) is 30.1 Å². The molecule has 1 fully saturated rings. The van der Waals surface area contributed by atoms with Gasteiger partial charge in [0, 0.05) is 52.2 Å². The van der Waals surface area contributed by atoms with Crippen LogP contribution in [0.4, 0.5) is 30.6 Å². The molecule has 1 amide bonds. The number of hydrogen-bond donors (Lipinski definition) is 2. The summed E-state index contributed by atoms with van der Waals surface area (Å²) in [5.41, 5.74) is 0.367. The minimum absolute atomic E-state index is 0.000910. The van der Waals surface area contributed by atoms with Crippen molar-refractivity contribution in [2.75, 3.05) is 71.5 Å². The van der Waals surface area contributed by atoms with E-state index in [1.54, 1.807) is 29.7 Å². The van der Waals surface area contributed by atoms with E-state index in [9.17, 15) is 18.0 Å². The summed E-state index contributed by atoms with van der Waals surface area (Å²) in [6.07, 6.45) is -1.57. The van der Waals surface area contributed by atoms with E-state index >= 15 is 0 Å². The van der Waals surface area contributed by atoms with Crippen LogP contribution >= 0.6 is 0 Å². The summed E-state index contributed by atoms with van der Waals surface area (Å²) in [6.45, 7) is 5.41. The van der Waals surface area contributed by atoms with Crippen LogP contribution in [0, 0.1) is 12.8 Å². The molecule has 0 radical (unpaired) electrons. The van der Waals surface area contributed by atoms with Gasteiger partial charge in [-0.3, -0.25) is 9.48 Å². The Balaban J connectivity index is 1.62. The zero-order chi connectivity index (χ0) is 25.8. The fraction of sp³-hybridized carbons (Fsp3) is 0.636. The molecule has 10 nitrogen and oxygen atoms in total. The molecule has 1 saturated heterocycles. The first kappa shape index (κ1) is 26.7. The third kappa shape index (κ3) is 7.28. The van der Waals surface area contributed by atoms with Gasteiger partial charge < -0.3 is 25.3 Å². The summed E-state index contributed by atoms with van der Waals surface area (Å²) in [7, 11) is 7.59. The molecule has 1 aliphatic heterocycles.